The van der Waals surface area contributed by atoms with Crippen molar-refractivity contribution >= 4 is 17.2 Å². The van der Waals surface area contributed by atoms with E-state index < -0.39 is 0 Å². The number of rotatable bonds is 4. The van der Waals surface area contributed by atoms with E-state index in [1.54, 1.807) is 0 Å². The van der Waals surface area contributed by atoms with Gasteiger partial charge in [-0.15, -0.1) is 0 Å². The van der Waals surface area contributed by atoms with Gasteiger partial charge in [0.1, 0.15) is 5.65 Å². The number of carbonyl (C=O) groups is 1. The second kappa shape index (κ2) is 5.79. The molecule has 0 atom stereocenters. The van der Waals surface area contributed by atoms with Gasteiger partial charge in [-0.1, -0.05) is 25.1 Å². The molecule has 0 spiro atoms. The van der Waals surface area contributed by atoms with Crippen LogP contribution >= 0.6 is 0 Å². The molecule has 106 valence electrons. The number of aromatic nitrogens is 2. The van der Waals surface area contributed by atoms with Gasteiger partial charge in [-0.25, -0.2) is 4.98 Å². The Bertz CT molecular complexity index is 743. The molecule has 3 rings (SSSR count). The van der Waals surface area contributed by atoms with Crippen LogP contribution in [0.3, 0.4) is 0 Å². The Morgan fingerprint density at radius 1 is 1.24 bits per heavy atom. The summed E-state index contributed by atoms with van der Waals surface area (Å²) in [6.07, 6.45) is 5.34. The van der Waals surface area contributed by atoms with Crippen molar-refractivity contribution in [1.82, 2.24) is 9.38 Å². The van der Waals surface area contributed by atoms with Crippen LogP contribution in [0, 0.1) is 0 Å². The fourth-order valence-corrected chi connectivity index (χ4v) is 2.28. The smallest absolute Gasteiger partial charge is 0.224 e. The third kappa shape index (κ3) is 2.94. The molecule has 0 aliphatic rings. The Morgan fingerprint density at radius 3 is 2.95 bits per heavy atom. The molecule has 0 unspecified atom stereocenters. The number of nitrogens with one attached hydrogen (secondary N) is 1. The monoisotopic (exact) mass is 279 g/mol. The van der Waals surface area contributed by atoms with Crippen molar-refractivity contribution in [3.8, 4) is 11.3 Å². The summed E-state index contributed by atoms with van der Waals surface area (Å²) >= 11 is 0. The van der Waals surface area contributed by atoms with E-state index in [0.717, 1.165) is 29.0 Å². The maximum atomic E-state index is 11.7. The molecule has 0 radical (unpaired) electrons. The van der Waals surface area contributed by atoms with E-state index in [-0.39, 0.29) is 5.91 Å². The van der Waals surface area contributed by atoms with E-state index in [1.807, 2.05) is 66.2 Å². The lowest BCUT2D eigenvalue weighted by molar-refractivity contribution is -0.116. The third-order valence-corrected chi connectivity index (χ3v) is 3.28. The van der Waals surface area contributed by atoms with Gasteiger partial charge in [0.05, 0.1) is 5.69 Å². The van der Waals surface area contributed by atoms with Gasteiger partial charge in [0.2, 0.25) is 5.91 Å². The highest BCUT2D eigenvalue weighted by molar-refractivity contribution is 5.91. The van der Waals surface area contributed by atoms with Crippen molar-refractivity contribution in [2.75, 3.05) is 5.32 Å². The minimum atomic E-state index is 0.0460. The van der Waals surface area contributed by atoms with Gasteiger partial charge in [0.25, 0.3) is 0 Å². The number of amides is 1. The zero-order chi connectivity index (χ0) is 14.7. The molecule has 2 heterocycles. The van der Waals surface area contributed by atoms with Crippen molar-refractivity contribution < 1.29 is 4.79 Å². The molecule has 0 bridgehead atoms. The quantitative estimate of drug-likeness (QED) is 0.790. The molecule has 3 aromatic rings. The molecule has 0 aliphatic carbocycles. The van der Waals surface area contributed by atoms with Crippen LogP contribution in [0.4, 0.5) is 5.69 Å². The van der Waals surface area contributed by atoms with Gasteiger partial charge in [-0.05, 0) is 30.7 Å². The highest BCUT2D eigenvalue weighted by Crippen LogP contribution is 2.22. The summed E-state index contributed by atoms with van der Waals surface area (Å²) in [5.41, 5.74) is 3.61. The number of hydrogen-bond acceptors (Lipinski definition) is 2. The number of anilines is 1. The topological polar surface area (TPSA) is 46.4 Å². The molecule has 0 fully saturated rings. The Balaban J connectivity index is 1.90. The molecule has 0 saturated heterocycles. The van der Waals surface area contributed by atoms with Gasteiger partial charge in [0.15, 0.2) is 0 Å². The van der Waals surface area contributed by atoms with E-state index >= 15 is 0 Å². The lowest BCUT2D eigenvalue weighted by atomic mass is 10.1. The first-order valence-corrected chi connectivity index (χ1v) is 7.10. The summed E-state index contributed by atoms with van der Waals surface area (Å²) < 4.78 is 1.98. The first-order chi connectivity index (χ1) is 10.3. The highest BCUT2D eigenvalue weighted by atomic mass is 16.1. The minimum Gasteiger partial charge on any atom is -0.326 e. The van der Waals surface area contributed by atoms with Crippen molar-refractivity contribution in [2.45, 2.75) is 19.8 Å². The van der Waals surface area contributed by atoms with E-state index in [2.05, 4.69) is 10.3 Å². The van der Waals surface area contributed by atoms with Crippen molar-refractivity contribution in [3.05, 3.63) is 54.9 Å². The Hall–Kier alpha value is -2.62. The molecule has 1 N–H and O–H groups in total. The molecule has 1 amide bonds. The number of pyridine rings is 1. The average Bonchev–Trinajstić information content (AvgIpc) is 2.91. The summed E-state index contributed by atoms with van der Waals surface area (Å²) in [5, 5.41) is 2.91. The largest absolute Gasteiger partial charge is 0.326 e. The number of imidazole rings is 1. The molecular weight excluding hydrogens is 262 g/mol. The van der Waals surface area contributed by atoms with Gasteiger partial charge >= 0.3 is 0 Å². The molecular formula is C17H17N3O. The number of hydrogen-bond donors (Lipinski definition) is 1. The third-order valence-electron chi connectivity index (χ3n) is 3.28. The fourth-order valence-electron chi connectivity index (χ4n) is 2.28. The van der Waals surface area contributed by atoms with Crippen LogP contribution < -0.4 is 5.32 Å². The van der Waals surface area contributed by atoms with E-state index in [9.17, 15) is 4.79 Å². The van der Waals surface area contributed by atoms with Crippen LogP contribution in [0.25, 0.3) is 16.9 Å². The van der Waals surface area contributed by atoms with Gasteiger partial charge < -0.3 is 9.72 Å². The zero-order valence-electron chi connectivity index (χ0n) is 11.9. The van der Waals surface area contributed by atoms with Crippen LogP contribution in [0.1, 0.15) is 19.8 Å². The van der Waals surface area contributed by atoms with Crippen molar-refractivity contribution in [2.24, 2.45) is 0 Å². The first-order valence-electron chi connectivity index (χ1n) is 7.10. The number of benzene rings is 1. The van der Waals surface area contributed by atoms with Crippen molar-refractivity contribution in [3.63, 3.8) is 0 Å². The van der Waals surface area contributed by atoms with Crippen LogP contribution in [0.2, 0.25) is 0 Å². The summed E-state index contributed by atoms with van der Waals surface area (Å²) in [5.74, 6) is 0.0460. The predicted molar refractivity (Wildman–Crippen MR) is 84.2 cm³/mol. The molecule has 4 nitrogen and oxygen atoms in total. The fraction of sp³-hybridized carbons (Fsp3) is 0.176. The van der Waals surface area contributed by atoms with E-state index in [0.29, 0.717) is 6.42 Å². The number of fused-ring (bicyclic) bond motifs is 1. The SMILES string of the molecule is CCCC(=O)Nc1cccc(-c2cn3ccccc3n2)c1. The normalized spacial score (nSPS) is 10.7. The number of nitrogens with zero attached hydrogens (tertiary/aromatic N) is 2. The highest BCUT2D eigenvalue weighted by Gasteiger charge is 2.06. The number of carbonyl (C=O) groups excluding carboxylic acids is 1. The Kier molecular flexibility index (Phi) is 3.69. The molecule has 4 heteroatoms. The van der Waals surface area contributed by atoms with Gasteiger partial charge in [-0.2, -0.15) is 0 Å². The van der Waals surface area contributed by atoms with E-state index in [4.69, 9.17) is 0 Å². The first kappa shape index (κ1) is 13.4. The van der Waals surface area contributed by atoms with Gasteiger partial charge in [-0.3, -0.25) is 4.79 Å². The zero-order valence-corrected chi connectivity index (χ0v) is 11.9. The molecule has 0 aliphatic heterocycles. The second-order valence-corrected chi connectivity index (χ2v) is 4.97. The molecule has 2 aromatic heterocycles. The predicted octanol–water partition coefficient (Wildman–Crippen LogP) is 3.74. The van der Waals surface area contributed by atoms with Crippen LogP contribution in [0.5, 0.6) is 0 Å². The average molecular weight is 279 g/mol. The summed E-state index contributed by atoms with van der Waals surface area (Å²) in [4.78, 5) is 16.3. The summed E-state index contributed by atoms with van der Waals surface area (Å²) in [6, 6.07) is 13.7. The standard InChI is InChI=1S/C17H17N3O/c1-2-6-17(21)18-14-8-5-7-13(11-14)15-12-20-10-4-3-9-16(20)19-15/h3-5,7-12H,2,6H2,1H3,(H,18,21). The molecule has 1 aromatic carbocycles. The van der Waals surface area contributed by atoms with E-state index in [1.165, 1.54) is 0 Å². The summed E-state index contributed by atoms with van der Waals surface area (Å²) in [7, 11) is 0. The van der Waals surface area contributed by atoms with Crippen molar-refractivity contribution in [1.29, 1.82) is 0 Å². The lowest BCUT2D eigenvalue weighted by Crippen LogP contribution is -2.10. The molecule has 0 saturated carbocycles. The van der Waals surface area contributed by atoms with Crippen LogP contribution in [0.15, 0.2) is 54.9 Å². The van der Waals surface area contributed by atoms with Crippen LogP contribution in [-0.2, 0) is 4.79 Å². The lowest BCUT2D eigenvalue weighted by Gasteiger charge is -2.05. The maximum absolute atomic E-state index is 11.7. The summed E-state index contributed by atoms with van der Waals surface area (Å²) in [6.45, 7) is 1.99. The molecule has 21 heavy (non-hydrogen) atoms. The second-order valence-electron chi connectivity index (χ2n) is 4.97. The minimum absolute atomic E-state index is 0.0460. The Labute approximate surface area is 123 Å². The Morgan fingerprint density at radius 2 is 2.14 bits per heavy atom. The van der Waals surface area contributed by atoms with Gasteiger partial charge in [0, 0.05) is 30.1 Å². The van der Waals surface area contributed by atoms with Crippen LogP contribution in [-0.4, -0.2) is 15.3 Å². The maximum Gasteiger partial charge on any atom is 0.224 e.